The van der Waals surface area contributed by atoms with Gasteiger partial charge in [0, 0.05) is 9.26 Å². The molecule has 0 atom stereocenters. The first kappa shape index (κ1) is 18.8. The molecular weight excluding hydrogens is 461 g/mol. The second-order valence-electron chi connectivity index (χ2n) is 5.96. The van der Waals surface area contributed by atoms with Gasteiger partial charge in [0.25, 0.3) is 0 Å². The Labute approximate surface area is 169 Å². The smallest absolute Gasteiger partial charge is 0.234 e. The van der Waals surface area contributed by atoms with Gasteiger partial charge in [-0.15, -0.1) is 5.10 Å². The first-order chi connectivity index (χ1) is 12.4. The van der Waals surface area contributed by atoms with Gasteiger partial charge in [-0.3, -0.25) is 4.79 Å². The van der Waals surface area contributed by atoms with Crippen LogP contribution in [0, 0.1) is 24.3 Å². The van der Waals surface area contributed by atoms with Gasteiger partial charge >= 0.3 is 0 Å². The van der Waals surface area contributed by atoms with Crippen molar-refractivity contribution in [1.29, 1.82) is 0 Å². The van der Waals surface area contributed by atoms with Crippen LogP contribution in [0.4, 0.5) is 5.69 Å². The number of amides is 1. The third-order valence-electron chi connectivity index (χ3n) is 3.82. The van der Waals surface area contributed by atoms with Crippen LogP contribution in [-0.2, 0) is 4.79 Å². The van der Waals surface area contributed by atoms with Gasteiger partial charge in [0.2, 0.25) is 11.1 Å². The Morgan fingerprint density at radius 3 is 2.69 bits per heavy atom. The molecule has 0 radical (unpaired) electrons. The molecule has 8 heteroatoms. The van der Waals surface area contributed by atoms with E-state index in [9.17, 15) is 4.79 Å². The lowest BCUT2D eigenvalue weighted by atomic mass is 10.1. The number of aryl methyl sites for hydroxylation is 3. The van der Waals surface area contributed by atoms with Crippen molar-refractivity contribution in [2.24, 2.45) is 0 Å². The highest BCUT2D eigenvalue weighted by Crippen LogP contribution is 2.22. The lowest BCUT2D eigenvalue weighted by Gasteiger charge is -2.10. The van der Waals surface area contributed by atoms with Gasteiger partial charge in [0.1, 0.15) is 0 Å². The molecule has 0 saturated carbocycles. The minimum absolute atomic E-state index is 0.0884. The number of nitrogens with zero attached hydrogens (tertiary/aromatic N) is 4. The van der Waals surface area contributed by atoms with Gasteiger partial charge in [0.05, 0.1) is 11.4 Å². The Bertz CT molecular complexity index is 957. The van der Waals surface area contributed by atoms with Crippen molar-refractivity contribution in [2.75, 3.05) is 11.1 Å². The summed E-state index contributed by atoms with van der Waals surface area (Å²) < 4.78 is 2.81. The first-order valence-electron chi connectivity index (χ1n) is 7.99. The maximum absolute atomic E-state index is 12.3. The standard InChI is InChI=1S/C18H18IN5OS/c1-11-4-7-16(13(3)8-11)24-18(21-22-23-24)26-10-17(25)20-15-6-5-14(19)9-12(15)2/h4-9H,10H2,1-3H3,(H,20,25). The van der Waals surface area contributed by atoms with Crippen LogP contribution in [0.25, 0.3) is 5.69 Å². The summed E-state index contributed by atoms with van der Waals surface area (Å²) in [5, 5.41) is 15.4. The average molecular weight is 479 g/mol. The summed E-state index contributed by atoms with van der Waals surface area (Å²) in [4.78, 5) is 12.3. The normalized spacial score (nSPS) is 10.8. The number of hydrogen-bond acceptors (Lipinski definition) is 5. The van der Waals surface area contributed by atoms with Crippen molar-refractivity contribution in [2.45, 2.75) is 25.9 Å². The van der Waals surface area contributed by atoms with Crippen LogP contribution in [0.1, 0.15) is 16.7 Å². The average Bonchev–Trinajstić information content (AvgIpc) is 3.04. The number of carbonyl (C=O) groups excluding carboxylic acids is 1. The molecule has 2 aromatic carbocycles. The van der Waals surface area contributed by atoms with E-state index in [2.05, 4.69) is 49.5 Å². The van der Waals surface area contributed by atoms with E-state index in [0.717, 1.165) is 26.1 Å². The van der Waals surface area contributed by atoms with Crippen molar-refractivity contribution in [3.63, 3.8) is 0 Å². The summed E-state index contributed by atoms with van der Waals surface area (Å²) in [6, 6.07) is 12.0. The van der Waals surface area contributed by atoms with Gasteiger partial charge in [-0.25, -0.2) is 0 Å². The van der Waals surface area contributed by atoms with Gasteiger partial charge in [-0.2, -0.15) is 4.68 Å². The van der Waals surface area contributed by atoms with Crippen molar-refractivity contribution in [1.82, 2.24) is 20.2 Å². The Balaban J connectivity index is 1.69. The number of benzene rings is 2. The zero-order valence-corrected chi connectivity index (χ0v) is 17.6. The molecule has 3 aromatic rings. The second-order valence-corrected chi connectivity index (χ2v) is 8.15. The van der Waals surface area contributed by atoms with E-state index >= 15 is 0 Å². The molecule has 0 spiro atoms. The number of anilines is 1. The zero-order chi connectivity index (χ0) is 18.7. The highest BCUT2D eigenvalue weighted by molar-refractivity contribution is 14.1. The van der Waals surface area contributed by atoms with E-state index < -0.39 is 0 Å². The van der Waals surface area contributed by atoms with Crippen molar-refractivity contribution in [3.05, 3.63) is 56.7 Å². The quantitative estimate of drug-likeness (QED) is 0.444. The van der Waals surface area contributed by atoms with Crippen LogP contribution < -0.4 is 5.32 Å². The highest BCUT2D eigenvalue weighted by Gasteiger charge is 2.13. The van der Waals surface area contributed by atoms with Gasteiger partial charge in [0.15, 0.2) is 0 Å². The highest BCUT2D eigenvalue weighted by atomic mass is 127. The van der Waals surface area contributed by atoms with Crippen LogP contribution in [0.15, 0.2) is 41.6 Å². The molecule has 134 valence electrons. The van der Waals surface area contributed by atoms with Crippen LogP contribution in [0.3, 0.4) is 0 Å². The Kier molecular flexibility index (Phi) is 5.92. The lowest BCUT2D eigenvalue weighted by Crippen LogP contribution is -2.15. The van der Waals surface area contributed by atoms with Gasteiger partial charge in [-0.1, -0.05) is 29.5 Å². The van der Waals surface area contributed by atoms with E-state index in [1.807, 2.05) is 51.1 Å². The second kappa shape index (κ2) is 8.17. The Morgan fingerprint density at radius 2 is 1.96 bits per heavy atom. The molecular formula is C18H18IN5OS. The fraction of sp³-hybridized carbons (Fsp3) is 0.222. The predicted octanol–water partition coefficient (Wildman–Crippen LogP) is 3.92. The summed E-state index contributed by atoms with van der Waals surface area (Å²) in [5.41, 5.74) is 5.04. The zero-order valence-electron chi connectivity index (χ0n) is 14.7. The van der Waals surface area contributed by atoms with Gasteiger partial charge < -0.3 is 5.32 Å². The number of aromatic nitrogens is 4. The fourth-order valence-electron chi connectivity index (χ4n) is 2.55. The number of halogens is 1. The monoisotopic (exact) mass is 479 g/mol. The Hall–Kier alpha value is -1.94. The maximum atomic E-state index is 12.3. The molecule has 1 aromatic heterocycles. The van der Waals surface area contributed by atoms with E-state index in [0.29, 0.717) is 5.16 Å². The topological polar surface area (TPSA) is 72.7 Å². The minimum Gasteiger partial charge on any atom is -0.325 e. The minimum atomic E-state index is -0.0884. The lowest BCUT2D eigenvalue weighted by molar-refractivity contribution is -0.113. The fourth-order valence-corrected chi connectivity index (χ4v) is 3.88. The summed E-state index contributed by atoms with van der Waals surface area (Å²) >= 11 is 3.56. The van der Waals surface area contributed by atoms with Crippen LogP contribution in [-0.4, -0.2) is 31.9 Å². The molecule has 1 amide bonds. The van der Waals surface area contributed by atoms with Gasteiger partial charge in [-0.05, 0) is 89.2 Å². The molecule has 1 N–H and O–H groups in total. The molecule has 6 nitrogen and oxygen atoms in total. The molecule has 1 heterocycles. The summed E-state index contributed by atoms with van der Waals surface area (Å²) in [5.74, 6) is 0.144. The number of rotatable bonds is 5. The third-order valence-corrected chi connectivity index (χ3v) is 5.41. The molecule has 3 rings (SSSR count). The summed E-state index contributed by atoms with van der Waals surface area (Å²) in [6.07, 6.45) is 0. The van der Waals surface area contributed by atoms with Crippen molar-refractivity contribution >= 4 is 45.9 Å². The largest absolute Gasteiger partial charge is 0.325 e. The Morgan fingerprint density at radius 1 is 1.15 bits per heavy atom. The SMILES string of the molecule is Cc1ccc(-n2nnnc2SCC(=O)Nc2ccc(I)cc2C)c(C)c1. The first-order valence-corrected chi connectivity index (χ1v) is 10.1. The number of nitrogens with one attached hydrogen (secondary N) is 1. The van der Waals surface area contributed by atoms with E-state index in [4.69, 9.17) is 0 Å². The number of carbonyl (C=O) groups is 1. The maximum Gasteiger partial charge on any atom is 0.234 e. The molecule has 0 aliphatic heterocycles. The van der Waals surface area contributed by atoms with Crippen LogP contribution in [0.5, 0.6) is 0 Å². The number of tetrazole rings is 1. The molecule has 0 saturated heterocycles. The van der Waals surface area contributed by atoms with Crippen molar-refractivity contribution < 1.29 is 4.79 Å². The van der Waals surface area contributed by atoms with Crippen LogP contribution in [0.2, 0.25) is 0 Å². The third kappa shape index (κ3) is 4.42. The molecule has 0 fully saturated rings. The summed E-state index contributed by atoms with van der Waals surface area (Å²) in [7, 11) is 0. The summed E-state index contributed by atoms with van der Waals surface area (Å²) in [6.45, 7) is 6.04. The predicted molar refractivity (Wildman–Crippen MR) is 112 cm³/mol. The number of hydrogen-bond donors (Lipinski definition) is 1. The molecule has 0 bridgehead atoms. The molecule has 26 heavy (non-hydrogen) atoms. The van der Waals surface area contributed by atoms with E-state index in [1.54, 1.807) is 4.68 Å². The molecule has 0 aliphatic carbocycles. The molecule has 0 unspecified atom stereocenters. The van der Waals surface area contributed by atoms with Crippen molar-refractivity contribution in [3.8, 4) is 5.69 Å². The molecule has 0 aliphatic rings. The van der Waals surface area contributed by atoms with E-state index in [-0.39, 0.29) is 11.7 Å². The van der Waals surface area contributed by atoms with Crippen LogP contribution >= 0.6 is 34.4 Å². The number of thioether (sulfide) groups is 1. The van der Waals surface area contributed by atoms with E-state index in [1.165, 1.54) is 17.3 Å².